The van der Waals surface area contributed by atoms with Crippen molar-refractivity contribution in [1.29, 1.82) is 0 Å². The number of carbonyl (C=O) groups excluding carboxylic acids is 2. The lowest BCUT2D eigenvalue weighted by Crippen LogP contribution is -2.52. The predicted octanol–water partition coefficient (Wildman–Crippen LogP) is 2.80. The van der Waals surface area contributed by atoms with Crippen molar-refractivity contribution in [2.45, 2.75) is 26.4 Å². The Hall–Kier alpha value is -1.95. The summed E-state index contributed by atoms with van der Waals surface area (Å²) in [5, 5.41) is 0.472. The van der Waals surface area contributed by atoms with Crippen LogP contribution < -0.4 is 4.74 Å². The molecule has 24 heavy (non-hydrogen) atoms. The van der Waals surface area contributed by atoms with E-state index in [2.05, 4.69) is 0 Å². The van der Waals surface area contributed by atoms with Gasteiger partial charge in [-0.1, -0.05) is 23.7 Å². The van der Waals surface area contributed by atoms with Crippen molar-refractivity contribution in [3.8, 4) is 5.75 Å². The first-order valence-electron chi connectivity index (χ1n) is 7.89. The molecule has 1 aromatic rings. The Labute approximate surface area is 147 Å². The molecule has 0 spiro atoms. The van der Waals surface area contributed by atoms with E-state index < -0.39 is 5.60 Å². The topological polar surface area (TPSA) is 59.1 Å². The Bertz CT molecular complexity index is 592. The van der Waals surface area contributed by atoms with Gasteiger partial charge in [0, 0.05) is 26.2 Å². The van der Waals surface area contributed by atoms with Gasteiger partial charge in [0.2, 0.25) is 0 Å². The van der Waals surface area contributed by atoms with Crippen molar-refractivity contribution in [2.24, 2.45) is 0 Å². The van der Waals surface area contributed by atoms with E-state index in [-0.39, 0.29) is 18.6 Å². The Morgan fingerprint density at radius 2 is 1.67 bits per heavy atom. The van der Waals surface area contributed by atoms with Crippen molar-refractivity contribution >= 4 is 23.6 Å². The smallest absolute Gasteiger partial charge is 0.410 e. The average Bonchev–Trinajstić information content (AvgIpc) is 2.52. The number of ether oxygens (including phenoxy) is 2. The Kier molecular flexibility index (Phi) is 5.94. The molecule has 1 aromatic carbocycles. The molecule has 0 atom stereocenters. The minimum Gasteiger partial charge on any atom is -0.482 e. The van der Waals surface area contributed by atoms with Gasteiger partial charge in [-0.3, -0.25) is 4.79 Å². The van der Waals surface area contributed by atoms with Gasteiger partial charge in [-0.05, 0) is 32.9 Å². The minimum absolute atomic E-state index is 0.0732. The number of amides is 2. The maximum atomic E-state index is 12.2. The van der Waals surface area contributed by atoms with Gasteiger partial charge in [0.25, 0.3) is 5.91 Å². The summed E-state index contributed by atoms with van der Waals surface area (Å²) in [7, 11) is 0. The van der Waals surface area contributed by atoms with E-state index in [1.165, 1.54) is 0 Å². The third-order valence-corrected chi connectivity index (χ3v) is 3.78. The Balaban J connectivity index is 1.78. The van der Waals surface area contributed by atoms with Crippen LogP contribution in [0, 0.1) is 0 Å². The number of para-hydroxylation sites is 1. The first-order valence-corrected chi connectivity index (χ1v) is 8.27. The quantitative estimate of drug-likeness (QED) is 0.837. The van der Waals surface area contributed by atoms with Crippen LogP contribution in [0.5, 0.6) is 5.75 Å². The van der Waals surface area contributed by atoms with Crippen LogP contribution in [0.3, 0.4) is 0 Å². The van der Waals surface area contributed by atoms with Crippen LogP contribution in [0.15, 0.2) is 24.3 Å². The van der Waals surface area contributed by atoms with E-state index in [1.54, 1.807) is 34.1 Å². The SMILES string of the molecule is CC(C)(C)OC(=O)N1CCN(C(=O)COc2ccccc2Cl)CC1. The van der Waals surface area contributed by atoms with Gasteiger partial charge in [0.05, 0.1) is 5.02 Å². The van der Waals surface area contributed by atoms with Gasteiger partial charge in [-0.25, -0.2) is 4.79 Å². The molecule has 132 valence electrons. The number of rotatable bonds is 3. The molecule has 0 radical (unpaired) electrons. The van der Waals surface area contributed by atoms with Crippen LogP contribution in [0.4, 0.5) is 4.79 Å². The Morgan fingerprint density at radius 1 is 1.08 bits per heavy atom. The summed E-state index contributed by atoms with van der Waals surface area (Å²) >= 11 is 5.99. The molecule has 6 nitrogen and oxygen atoms in total. The second-order valence-electron chi connectivity index (χ2n) is 6.57. The minimum atomic E-state index is -0.521. The van der Waals surface area contributed by atoms with E-state index in [9.17, 15) is 9.59 Å². The molecule has 7 heteroatoms. The summed E-state index contributed by atoms with van der Waals surface area (Å²) < 4.78 is 10.8. The van der Waals surface area contributed by atoms with Crippen molar-refractivity contribution in [3.63, 3.8) is 0 Å². The molecule has 0 bridgehead atoms. The van der Waals surface area contributed by atoms with Crippen LogP contribution in [0.1, 0.15) is 20.8 Å². The normalized spacial score (nSPS) is 15.2. The molecule has 0 N–H and O–H groups in total. The van der Waals surface area contributed by atoms with Crippen molar-refractivity contribution in [2.75, 3.05) is 32.8 Å². The zero-order valence-electron chi connectivity index (χ0n) is 14.3. The number of halogens is 1. The first kappa shape index (κ1) is 18.4. The summed E-state index contributed by atoms with van der Waals surface area (Å²) in [5.74, 6) is 0.360. The van der Waals surface area contributed by atoms with E-state index in [0.717, 1.165) is 0 Å². The number of benzene rings is 1. The highest BCUT2D eigenvalue weighted by molar-refractivity contribution is 6.32. The summed E-state index contributed by atoms with van der Waals surface area (Å²) in [5.41, 5.74) is -0.521. The maximum Gasteiger partial charge on any atom is 0.410 e. The highest BCUT2D eigenvalue weighted by Crippen LogP contribution is 2.23. The zero-order valence-corrected chi connectivity index (χ0v) is 15.0. The van der Waals surface area contributed by atoms with Crippen molar-refractivity contribution in [3.05, 3.63) is 29.3 Å². The number of hydrogen-bond donors (Lipinski definition) is 0. The van der Waals surface area contributed by atoms with Gasteiger partial charge in [-0.15, -0.1) is 0 Å². The molecule has 0 aromatic heterocycles. The fraction of sp³-hybridized carbons (Fsp3) is 0.529. The lowest BCUT2D eigenvalue weighted by molar-refractivity contribution is -0.135. The van der Waals surface area contributed by atoms with E-state index in [1.807, 2.05) is 20.8 Å². The monoisotopic (exact) mass is 354 g/mol. The fourth-order valence-corrected chi connectivity index (χ4v) is 2.45. The molecule has 1 saturated heterocycles. The summed E-state index contributed by atoms with van der Waals surface area (Å²) in [6.45, 7) is 7.24. The standard InChI is InChI=1S/C17H23ClN2O4/c1-17(2,3)24-16(22)20-10-8-19(9-11-20)15(21)12-23-14-7-5-4-6-13(14)18/h4-7H,8-12H2,1-3H3. The third kappa shape index (κ3) is 5.30. The van der Waals surface area contributed by atoms with Gasteiger partial charge < -0.3 is 19.3 Å². The van der Waals surface area contributed by atoms with Gasteiger partial charge >= 0.3 is 6.09 Å². The molecule has 2 amide bonds. The van der Waals surface area contributed by atoms with Crippen molar-refractivity contribution < 1.29 is 19.1 Å². The first-order chi connectivity index (χ1) is 11.3. The second kappa shape index (κ2) is 7.75. The molecule has 0 unspecified atom stereocenters. The van der Waals surface area contributed by atoms with Crippen LogP contribution in [0.25, 0.3) is 0 Å². The van der Waals surface area contributed by atoms with Crippen molar-refractivity contribution in [1.82, 2.24) is 9.80 Å². The van der Waals surface area contributed by atoms with Crippen LogP contribution in [-0.2, 0) is 9.53 Å². The predicted molar refractivity (Wildman–Crippen MR) is 91.3 cm³/mol. The van der Waals surface area contributed by atoms with E-state index in [0.29, 0.717) is 37.0 Å². The number of nitrogens with zero attached hydrogens (tertiary/aromatic N) is 2. The fourth-order valence-electron chi connectivity index (χ4n) is 2.26. The lowest BCUT2D eigenvalue weighted by Gasteiger charge is -2.35. The van der Waals surface area contributed by atoms with Crippen LogP contribution in [-0.4, -0.2) is 60.2 Å². The number of piperazine rings is 1. The summed E-state index contributed by atoms with van der Waals surface area (Å²) in [4.78, 5) is 27.5. The largest absolute Gasteiger partial charge is 0.482 e. The van der Waals surface area contributed by atoms with E-state index in [4.69, 9.17) is 21.1 Å². The highest BCUT2D eigenvalue weighted by Gasteiger charge is 2.27. The molecular weight excluding hydrogens is 332 g/mol. The molecule has 1 aliphatic rings. The van der Waals surface area contributed by atoms with Crippen LogP contribution >= 0.6 is 11.6 Å². The Morgan fingerprint density at radius 3 is 2.25 bits per heavy atom. The molecule has 0 saturated carbocycles. The van der Waals surface area contributed by atoms with Gasteiger partial charge in [-0.2, -0.15) is 0 Å². The van der Waals surface area contributed by atoms with Gasteiger partial charge in [0.15, 0.2) is 6.61 Å². The summed E-state index contributed by atoms with van der Waals surface area (Å²) in [6, 6.07) is 7.02. The molecule has 1 aliphatic heterocycles. The third-order valence-electron chi connectivity index (χ3n) is 3.47. The maximum absolute atomic E-state index is 12.2. The number of carbonyl (C=O) groups is 2. The molecule has 0 aliphatic carbocycles. The highest BCUT2D eigenvalue weighted by atomic mass is 35.5. The molecule has 1 fully saturated rings. The molecular formula is C17H23ClN2O4. The lowest BCUT2D eigenvalue weighted by atomic mass is 10.2. The zero-order chi connectivity index (χ0) is 17.7. The number of hydrogen-bond acceptors (Lipinski definition) is 4. The average molecular weight is 355 g/mol. The summed E-state index contributed by atoms with van der Waals surface area (Å²) in [6.07, 6.45) is -0.345. The molecule has 2 rings (SSSR count). The van der Waals surface area contributed by atoms with Gasteiger partial charge in [0.1, 0.15) is 11.4 Å². The molecule has 1 heterocycles. The second-order valence-corrected chi connectivity index (χ2v) is 6.97. The van der Waals surface area contributed by atoms with Crippen LogP contribution in [0.2, 0.25) is 5.02 Å². The van der Waals surface area contributed by atoms with E-state index >= 15 is 0 Å².